The molecule has 0 N–H and O–H groups in total. The lowest BCUT2D eigenvalue weighted by Crippen LogP contribution is -2.17. The molecule has 0 aliphatic heterocycles. The van der Waals surface area contributed by atoms with E-state index < -0.39 is 0 Å². The SMILES string of the molecule is Cc1ccc(Cc2cccc3c2C2C(C3)[C@@H]3CC[C@H]2C3)cc1. The van der Waals surface area contributed by atoms with Crippen molar-refractivity contribution in [3.8, 4) is 0 Å². The number of rotatable bonds is 2. The summed E-state index contributed by atoms with van der Waals surface area (Å²) >= 11 is 0. The van der Waals surface area contributed by atoms with E-state index in [1.807, 2.05) is 0 Å². The Labute approximate surface area is 133 Å². The minimum Gasteiger partial charge on any atom is -0.0617 e. The second-order valence-electron chi connectivity index (χ2n) is 7.88. The Bertz CT molecular complexity index is 709. The molecule has 0 aromatic heterocycles. The van der Waals surface area contributed by atoms with Crippen molar-refractivity contribution in [1.82, 2.24) is 0 Å². The molecule has 4 atom stereocenters. The number of aryl methyl sites for hydroxylation is 1. The van der Waals surface area contributed by atoms with Gasteiger partial charge in [-0.1, -0.05) is 48.0 Å². The first-order valence-corrected chi connectivity index (χ1v) is 8.96. The van der Waals surface area contributed by atoms with Gasteiger partial charge < -0.3 is 0 Å². The highest BCUT2D eigenvalue weighted by Gasteiger charge is 2.51. The van der Waals surface area contributed by atoms with Crippen LogP contribution < -0.4 is 0 Å². The lowest BCUT2D eigenvalue weighted by Gasteiger charge is -2.26. The molecule has 0 radical (unpaired) electrons. The number of fused-ring (bicyclic) bond motifs is 7. The van der Waals surface area contributed by atoms with E-state index in [0.29, 0.717) is 0 Å². The van der Waals surface area contributed by atoms with Crippen LogP contribution in [0.15, 0.2) is 42.5 Å². The minimum atomic E-state index is 0.899. The summed E-state index contributed by atoms with van der Waals surface area (Å²) in [5.74, 6) is 3.91. The molecular weight excluding hydrogens is 264 g/mol. The zero-order valence-corrected chi connectivity index (χ0v) is 13.4. The van der Waals surface area contributed by atoms with Crippen molar-refractivity contribution >= 4 is 0 Å². The van der Waals surface area contributed by atoms with Crippen LogP contribution in [-0.2, 0) is 12.8 Å². The maximum absolute atomic E-state index is 2.41. The number of hydrogen-bond acceptors (Lipinski definition) is 0. The van der Waals surface area contributed by atoms with Crippen LogP contribution in [0.2, 0.25) is 0 Å². The Morgan fingerprint density at radius 3 is 2.64 bits per heavy atom. The van der Waals surface area contributed by atoms with Gasteiger partial charge in [0.2, 0.25) is 0 Å². The Morgan fingerprint density at radius 2 is 1.77 bits per heavy atom. The van der Waals surface area contributed by atoms with Crippen molar-refractivity contribution in [2.75, 3.05) is 0 Å². The maximum atomic E-state index is 2.41. The highest BCUT2D eigenvalue weighted by molar-refractivity contribution is 5.47. The van der Waals surface area contributed by atoms with Gasteiger partial charge in [-0.25, -0.2) is 0 Å². The van der Waals surface area contributed by atoms with Crippen molar-refractivity contribution in [3.63, 3.8) is 0 Å². The summed E-state index contributed by atoms with van der Waals surface area (Å²) in [6, 6.07) is 16.2. The van der Waals surface area contributed by atoms with E-state index in [0.717, 1.165) is 30.1 Å². The second-order valence-corrected chi connectivity index (χ2v) is 7.88. The summed E-state index contributed by atoms with van der Waals surface area (Å²) in [7, 11) is 0. The Hall–Kier alpha value is -1.56. The molecule has 2 aromatic rings. The van der Waals surface area contributed by atoms with E-state index in [1.54, 1.807) is 16.7 Å². The first-order valence-electron chi connectivity index (χ1n) is 8.96. The molecule has 22 heavy (non-hydrogen) atoms. The minimum absolute atomic E-state index is 0.899. The van der Waals surface area contributed by atoms with Gasteiger partial charge in [0.15, 0.2) is 0 Å². The molecule has 0 saturated heterocycles. The number of benzene rings is 2. The van der Waals surface area contributed by atoms with Gasteiger partial charge in [-0.15, -0.1) is 0 Å². The fraction of sp³-hybridized carbons (Fsp3) is 0.455. The van der Waals surface area contributed by atoms with Crippen molar-refractivity contribution in [2.45, 2.75) is 44.9 Å². The van der Waals surface area contributed by atoms with Crippen LogP contribution in [0, 0.1) is 24.7 Å². The van der Waals surface area contributed by atoms with E-state index in [4.69, 9.17) is 0 Å². The van der Waals surface area contributed by atoms with Crippen LogP contribution in [0.5, 0.6) is 0 Å². The van der Waals surface area contributed by atoms with Gasteiger partial charge in [0.05, 0.1) is 0 Å². The Kier molecular flexibility index (Phi) is 2.77. The van der Waals surface area contributed by atoms with E-state index >= 15 is 0 Å². The molecule has 5 rings (SSSR count). The van der Waals surface area contributed by atoms with Gasteiger partial charge in [0, 0.05) is 0 Å². The maximum Gasteiger partial charge on any atom is -0.00228 e. The summed E-state index contributed by atoms with van der Waals surface area (Å²) in [5, 5.41) is 0. The van der Waals surface area contributed by atoms with Crippen LogP contribution in [0.25, 0.3) is 0 Å². The van der Waals surface area contributed by atoms with E-state index in [2.05, 4.69) is 49.4 Å². The van der Waals surface area contributed by atoms with Crippen molar-refractivity contribution in [3.05, 3.63) is 70.3 Å². The van der Waals surface area contributed by atoms with Gasteiger partial charge in [0.1, 0.15) is 0 Å². The highest BCUT2D eigenvalue weighted by atomic mass is 14.6. The lowest BCUT2D eigenvalue weighted by atomic mass is 9.78. The van der Waals surface area contributed by atoms with Gasteiger partial charge in [-0.2, -0.15) is 0 Å². The Morgan fingerprint density at radius 1 is 0.955 bits per heavy atom. The van der Waals surface area contributed by atoms with Crippen molar-refractivity contribution in [1.29, 1.82) is 0 Å². The molecule has 2 unspecified atom stereocenters. The van der Waals surface area contributed by atoms with Crippen molar-refractivity contribution < 1.29 is 0 Å². The molecule has 3 aliphatic carbocycles. The average molecular weight is 288 g/mol. The van der Waals surface area contributed by atoms with E-state index in [-0.39, 0.29) is 0 Å². The first-order chi connectivity index (χ1) is 10.8. The van der Waals surface area contributed by atoms with E-state index in [9.17, 15) is 0 Å². The summed E-state index contributed by atoms with van der Waals surface area (Å²) in [6.45, 7) is 2.17. The fourth-order valence-electron chi connectivity index (χ4n) is 5.76. The molecule has 0 amide bonds. The molecular formula is C22H24. The smallest absolute Gasteiger partial charge is 0.00228 e. The second kappa shape index (κ2) is 4.72. The molecule has 0 nitrogen and oxygen atoms in total. The number of hydrogen-bond donors (Lipinski definition) is 0. The van der Waals surface area contributed by atoms with Gasteiger partial charge in [-0.3, -0.25) is 0 Å². The average Bonchev–Trinajstić information content (AvgIpc) is 3.20. The third-order valence-electron chi connectivity index (χ3n) is 6.68. The predicted molar refractivity (Wildman–Crippen MR) is 91.2 cm³/mol. The van der Waals surface area contributed by atoms with Crippen LogP contribution in [-0.4, -0.2) is 0 Å². The van der Waals surface area contributed by atoms with E-state index in [1.165, 1.54) is 36.8 Å². The largest absolute Gasteiger partial charge is 0.0617 e. The third kappa shape index (κ3) is 1.82. The van der Waals surface area contributed by atoms with Crippen LogP contribution in [0.3, 0.4) is 0 Å². The fourth-order valence-corrected chi connectivity index (χ4v) is 5.76. The van der Waals surface area contributed by atoms with Crippen molar-refractivity contribution in [2.24, 2.45) is 17.8 Å². The third-order valence-corrected chi connectivity index (χ3v) is 6.68. The molecule has 2 aromatic carbocycles. The monoisotopic (exact) mass is 288 g/mol. The zero-order chi connectivity index (χ0) is 14.7. The molecule has 3 aliphatic rings. The summed E-state index contributed by atoms with van der Waals surface area (Å²) in [6.07, 6.45) is 7.00. The molecule has 0 spiro atoms. The van der Waals surface area contributed by atoms with Gasteiger partial charge in [0.25, 0.3) is 0 Å². The van der Waals surface area contributed by atoms with Crippen LogP contribution in [0.4, 0.5) is 0 Å². The predicted octanol–water partition coefficient (Wildman–Crippen LogP) is 5.27. The highest BCUT2D eigenvalue weighted by Crippen LogP contribution is 2.61. The summed E-state index contributed by atoms with van der Waals surface area (Å²) in [4.78, 5) is 0. The first kappa shape index (κ1) is 12.9. The molecule has 2 bridgehead atoms. The normalized spacial score (nSPS) is 31.3. The zero-order valence-electron chi connectivity index (χ0n) is 13.4. The topological polar surface area (TPSA) is 0 Å². The van der Waals surface area contributed by atoms with Gasteiger partial charge >= 0.3 is 0 Å². The molecule has 0 heterocycles. The quantitative estimate of drug-likeness (QED) is 0.706. The van der Waals surface area contributed by atoms with Crippen LogP contribution >= 0.6 is 0 Å². The molecule has 0 heteroatoms. The molecule has 2 fully saturated rings. The standard InChI is InChI=1S/C22H24/c1-14-5-7-15(8-6-14)11-17-3-2-4-18-13-20-16-9-10-19(12-16)22(20)21(17)18/h2-8,16,19-20,22H,9-13H2,1H3/t16-,19+,20?,22?/m1/s1. The van der Waals surface area contributed by atoms with Crippen LogP contribution in [0.1, 0.15) is 53.0 Å². The summed E-state index contributed by atoms with van der Waals surface area (Å²) < 4.78 is 0. The summed E-state index contributed by atoms with van der Waals surface area (Å²) in [5.41, 5.74) is 7.87. The molecule has 2 saturated carbocycles. The lowest BCUT2D eigenvalue weighted by molar-refractivity contribution is 0.309. The van der Waals surface area contributed by atoms with Gasteiger partial charge in [-0.05, 0) is 85.0 Å². The molecule has 112 valence electrons. The Balaban J connectivity index is 1.53.